The summed E-state index contributed by atoms with van der Waals surface area (Å²) in [7, 11) is 0. The highest BCUT2D eigenvalue weighted by molar-refractivity contribution is 5.91. The van der Waals surface area contributed by atoms with E-state index >= 15 is 0 Å². The molecule has 3 aromatic rings. The van der Waals surface area contributed by atoms with Gasteiger partial charge in [0.2, 0.25) is 0 Å². The summed E-state index contributed by atoms with van der Waals surface area (Å²) in [6, 6.07) is 23.3. The van der Waals surface area contributed by atoms with Gasteiger partial charge < -0.3 is 9.47 Å². The van der Waals surface area contributed by atoms with Crippen LogP contribution in [0.3, 0.4) is 0 Å². The van der Waals surface area contributed by atoms with E-state index in [0.717, 1.165) is 24.3 Å². The molecule has 0 aliphatic rings. The van der Waals surface area contributed by atoms with Crippen molar-refractivity contribution in [3.05, 3.63) is 84.4 Å². The van der Waals surface area contributed by atoms with Crippen LogP contribution in [0.25, 0.3) is 0 Å². The number of ether oxygens (including phenoxy) is 2. The number of carbonyl (C=O) groups is 1. The van der Waals surface area contributed by atoms with Crippen molar-refractivity contribution in [1.82, 2.24) is 0 Å². The third-order valence-corrected chi connectivity index (χ3v) is 3.94. The fraction of sp³-hybridized carbons (Fsp3) is 0.174. The summed E-state index contributed by atoms with van der Waals surface area (Å²) >= 11 is 0. The van der Waals surface area contributed by atoms with Gasteiger partial charge in [-0.1, -0.05) is 31.5 Å². The number of unbranched alkanes of at least 4 members (excludes halogenated alkanes) is 1. The molecule has 3 rings (SSSR count). The molecule has 5 nitrogen and oxygen atoms in total. The summed E-state index contributed by atoms with van der Waals surface area (Å²) in [4.78, 5) is 12.3. The first kappa shape index (κ1) is 19.3. The number of esters is 1. The number of azo groups is 1. The second-order valence-corrected chi connectivity index (χ2v) is 6.15. The van der Waals surface area contributed by atoms with Gasteiger partial charge in [0.25, 0.3) is 0 Å². The van der Waals surface area contributed by atoms with Crippen molar-refractivity contribution in [2.75, 3.05) is 6.61 Å². The Kier molecular flexibility index (Phi) is 6.90. The van der Waals surface area contributed by atoms with Gasteiger partial charge in [-0.05, 0) is 67.1 Å². The minimum Gasteiger partial charge on any atom is -0.494 e. The molecule has 0 saturated carbocycles. The highest BCUT2D eigenvalue weighted by atomic mass is 16.5. The molecule has 0 aliphatic carbocycles. The second-order valence-electron chi connectivity index (χ2n) is 6.15. The molecule has 0 bridgehead atoms. The summed E-state index contributed by atoms with van der Waals surface area (Å²) in [5.41, 5.74) is 1.92. The number of hydrogen-bond donors (Lipinski definition) is 0. The minimum atomic E-state index is -0.418. The topological polar surface area (TPSA) is 60.2 Å². The molecule has 0 unspecified atom stereocenters. The molecule has 28 heavy (non-hydrogen) atoms. The molecule has 0 amide bonds. The lowest BCUT2D eigenvalue weighted by Gasteiger charge is -2.07. The zero-order valence-corrected chi connectivity index (χ0v) is 15.7. The van der Waals surface area contributed by atoms with Crippen molar-refractivity contribution in [2.45, 2.75) is 19.8 Å². The van der Waals surface area contributed by atoms with Crippen molar-refractivity contribution < 1.29 is 14.3 Å². The maximum Gasteiger partial charge on any atom is 0.343 e. The van der Waals surface area contributed by atoms with Crippen molar-refractivity contribution in [1.29, 1.82) is 0 Å². The van der Waals surface area contributed by atoms with Crippen molar-refractivity contribution in [3.8, 4) is 11.5 Å². The predicted molar refractivity (Wildman–Crippen MR) is 109 cm³/mol. The van der Waals surface area contributed by atoms with E-state index < -0.39 is 5.97 Å². The van der Waals surface area contributed by atoms with Crippen molar-refractivity contribution in [2.24, 2.45) is 10.2 Å². The van der Waals surface area contributed by atoms with Gasteiger partial charge in [-0.2, -0.15) is 10.2 Å². The van der Waals surface area contributed by atoms with Gasteiger partial charge in [-0.15, -0.1) is 0 Å². The van der Waals surface area contributed by atoms with Gasteiger partial charge >= 0.3 is 5.97 Å². The van der Waals surface area contributed by atoms with Gasteiger partial charge in [0.15, 0.2) is 0 Å². The van der Waals surface area contributed by atoms with Crippen LogP contribution >= 0.6 is 0 Å². The molecular formula is C23H22N2O3. The summed E-state index contributed by atoms with van der Waals surface area (Å²) in [6.07, 6.45) is 2.08. The fourth-order valence-corrected chi connectivity index (χ4v) is 2.38. The van der Waals surface area contributed by atoms with Crippen LogP contribution in [0, 0.1) is 0 Å². The Bertz CT molecular complexity index is 905. The zero-order chi connectivity index (χ0) is 19.6. The van der Waals surface area contributed by atoms with Crippen LogP contribution in [-0.2, 0) is 0 Å². The van der Waals surface area contributed by atoms with E-state index in [9.17, 15) is 4.79 Å². The lowest BCUT2D eigenvalue weighted by molar-refractivity contribution is 0.0734. The first-order valence-electron chi connectivity index (χ1n) is 9.26. The molecule has 0 N–H and O–H groups in total. The molecule has 0 aromatic heterocycles. The van der Waals surface area contributed by atoms with E-state index in [1.54, 1.807) is 48.5 Å². The first-order chi connectivity index (χ1) is 13.7. The third kappa shape index (κ3) is 5.77. The van der Waals surface area contributed by atoms with Crippen LogP contribution in [0.2, 0.25) is 0 Å². The Hall–Kier alpha value is -3.47. The Morgan fingerprint density at radius 1 is 0.786 bits per heavy atom. The smallest absolute Gasteiger partial charge is 0.343 e. The van der Waals surface area contributed by atoms with Gasteiger partial charge in [0.1, 0.15) is 11.5 Å². The molecule has 0 fully saturated rings. The summed E-state index contributed by atoms with van der Waals surface area (Å²) in [5, 5.41) is 8.32. The average Bonchev–Trinajstić information content (AvgIpc) is 2.75. The SMILES string of the molecule is CCCCOc1ccc(C(=O)Oc2ccc(/N=N/c3ccccc3)cc2)cc1. The van der Waals surface area contributed by atoms with Crippen LogP contribution in [0.5, 0.6) is 11.5 Å². The van der Waals surface area contributed by atoms with Crippen LogP contribution in [0.15, 0.2) is 89.1 Å². The highest BCUT2D eigenvalue weighted by Crippen LogP contribution is 2.22. The largest absolute Gasteiger partial charge is 0.494 e. The van der Waals surface area contributed by atoms with Crippen LogP contribution in [-0.4, -0.2) is 12.6 Å². The zero-order valence-electron chi connectivity index (χ0n) is 15.7. The standard InChI is InChI=1S/C23H22N2O3/c1-2-3-17-27-21-13-9-18(10-14-21)23(26)28-22-15-11-20(12-16-22)25-24-19-7-5-4-6-8-19/h4-16H,2-3,17H2,1H3/b25-24+. The van der Waals surface area contributed by atoms with Gasteiger partial charge in [-0.3, -0.25) is 0 Å². The average molecular weight is 374 g/mol. The third-order valence-electron chi connectivity index (χ3n) is 3.94. The Labute approximate surface area is 164 Å². The molecule has 0 heterocycles. The normalized spacial score (nSPS) is 10.8. The number of hydrogen-bond acceptors (Lipinski definition) is 5. The predicted octanol–water partition coefficient (Wildman–Crippen LogP) is 6.50. The lowest BCUT2D eigenvalue weighted by Crippen LogP contribution is -2.08. The van der Waals surface area contributed by atoms with E-state index in [2.05, 4.69) is 17.2 Å². The fourth-order valence-electron chi connectivity index (χ4n) is 2.38. The van der Waals surface area contributed by atoms with E-state index in [-0.39, 0.29) is 0 Å². The van der Waals surface area contributed by atoms with E-state index in [0.29, 0.717) is 23.6 Å². The summed E-state index contributed by atoms with van der Waals surface area (Å²) in [6.45, 7) is 2.79. The molecule has 0 aliphatic heterocycles. The van der Waals surface area contributed by atoms with E-state index in [1.165, 1.54) is 0 Å². The molecule has 0 spiro atoms. The van der Waals surface area contributed by atoms with E-state index in [1.807, 2.05) is 30.3 Å². The van der Waals surface area contributed by atoms with Crippen LogP contribution in [0.4, 0.5) is 11.4 Å². The van der Waals surface area contributed by atoms with Crippen LogP contribution in [0.1, 0.15) is 30.1 Å². The number of nitrogens with zero attached hydrogens (tertiary/aromatic N) is 2. The lowest BCUT2D eigenvalue weighted by atomic mass is 10.2. The molecular weight excluding hydrogens is 352 g/mol. The number of carbonyl (C=O) groups excluding carboxylic acids is 1. The molecule has 0 saturated heterocycles. The summed E-state index contributed by atoms with van der Waals surface area (Å²) < 4.78 is 11.0. The molecule has 142 valence electrons. The summed E-state index contributed by atoms with van der Waals surface area (Å²) in [5.74, 6) is 0.781. The molecule has 5 heteroatoms. The molecule has 3 aromatic carbocycles. The van der Waals surface area contributed by atoms with Gasteiger partial charge in [0, 0.05) is 0 Å². The highest BCUT2D eigenvalue weighted by Gasteiger charge is 2.09. The van der Waals surface area contributed by atoms with Crippen LogP contribution < -0.4 is 9.47 Å². The number of benzene rings is 3. The first-order valence-corrected chi connectivity index (χ1v) is 9.26. The minimum absolute atomic E-state index is 0.418. The van der Waals surface area contributed by atoms with Gasteiger partial charge in [0.05, 0.1) is 23.5 Å². The Morgan fingerprint density at radius 2 is 1.39 bits per heavy atom. The second kappa shape index (κ2) is 10.0. The Balaban J connectivity index is 1.56. The van der Waals surface area contributed by atoms with Crippen molar-refractivity contribution >= 4 is 17.3 Å². The van der Waals surface area contributed by atoms with Crippen molar-refractivity contribution in [3.63, 3.8) is 0 Å². The number of rotatable bonds is 8. The maximum atomic E-state index is 12.3. The van der Waals surface area contributed by atoms with Gasteiger partial charge in [-0.25, -0.2) is 4.79 Å². The molecule has 0 radical (unpaired) electrons. The quantitative estimate of drug-likeness (QED) is 0.196. The Morgan fingerprint density at radius 3 is 2.04 bits per heavy atom. The van der Waals surface area contributed by atoms with E-state index in [4.69, 9.17) is 9.47 Å². The monoisotopic (exact) mass is 374 g/mol. The molecule has 0 atom stereocenters. The maximum absolute atomic E-state index is 12.3.